The van der Waals surface area contributed by atoms with Gasteiger partial charge in [-0.25, -0.2) is 4.79 Å². The Morgan fingerprint density at radius 2 is 1.80 bits per heavy atom. The van der Waals surface area contributed by atoms with Crippen molar-refractivity contribution in [1.82, 2.24) is 0 Å². The Kier molecular flexibility index (Phi) is 7.10. The molecule has 160 valence electrons. The molecule has 8 heteroatoms. The first-order valence-electron chi connectivity index (χ1n) is 9.91. The highest BCUT2D eigenvalue weighted by molar-refractivity contribution is 7.15. The molecule has 7 nitrogen and oxygen atoms in total. The number of rotatable bonds is 7. The van der Waals surface area contributed by atoms with Crippen LogP contribution in [0, 0.1) is 11.8 Å². The Morgan fingerprint density at radius 1 is 1.13 bits per heavy atom. The molecule has 2 atom stereocenters. The van der Waals surface area contributed by atoms with Gasteiger partial charge in [-0.15, -0.1) is 11.3 Å². The second-order valence-electron chi connectivity index (χ2n) is 7.11. The molecule has 0 unspecified atom stereocenters. The van der Waals surface area contributed by atoms with E-state index in [0.717, 1.165) is 18.4 Å². The predicted molar refractivity (Wildman–Crippen MR) is 111 cm³/mol. The van der Waals surface area contributed by atoms with Crippen LogP contribution in [0.25, 0.3) is 11.1 Å². The Balaban J connectivity index is 1.92. The molecule has 3 rings (SSSR count). The standard InChI is InChI=1S/C22H25NO6S/c1-3-29-22(27)18-17(13-8-10-14(28-2)11-9-13)12-30-20(18)23-19(24)15-6-4-5-7-16(15)21(25)26/h8-12,15-16H,3-7H2,1-2H3,(H,23,24)(H,25,26)/p-1/t15-,16+/m1/s1. The van der Waals surface area contributed by atoms with Crippen molar-refractivity contribution in [3.05, 3.63) is 35.2 Å². The number of anilines is 1. The summed E-state index contributed by atoms with van der Waals surface area (Å²) in [5, 5.41) is 16.4. The zero-order valence-electron chi connectivity index (χ0n) is 16.9. The number of carboxylic acids is 1. The fourth-order valence-corrected chi connectivity index (χ4v) is 4.73. The second kappa shape index (κ2) is 9.75. The highest BCUT2D eigenvalue weighted by Gasteiger charge is 2.33. The van der Waals surface area contributed by atoms with Crippen molar-refractivity contribution in [1.29, 1.82) is 0 Å². The molecular formula is C22H24NO6S-. The fraction of sp³-hybridized carbons (Fsp3) is 0.409. The molecule has 1 aromatic heterocycles. The minimum Gasteiger partial charge on any atom is -0.550 e. The summed E-state index contributed by atoms with van der Waals surface area (Å²) >= 11 is 1.21. The van der Waals surface area contributed by atoms with E-state index in [1.165, 1.54) is 11.3 Å². The third kappa shape index (κ3) is 4.64. The molecule has 0 bridgehead atoms. The molecule has 1 heterocycles. The minimum atomic E-state index is -1.20. The first kappa shape index (κ1) is 21.8. The summed E-state index contributed by atoms with van der Waals surface area (Å²) in [7, 11) is 1.57. The lowest BCUT2D eigenvalue weighted by molar-refractivity contribution is -0.313. The number of nitrogens with one attached hydrogen (secondary N) is 1. The van der Waals surface area contributed by atoms with E-state index >= 15 is 0 Å². The number of thiophene rings is 1. The summed E-state index contributed by atoms with van der Waals surface area (Å²) in [6.07, 6.45) is 2.45. The predicted octanol–water partition coefficient (Wildman–Crippen LogP) is 3.10. The quantitative estimate of drug-likeness (QED) is 0.677. The number of amides is 1. The van der Waals surface area contributed by atoms with Gasteiger partial charge in [-0.2, -0.15) is 0 Å². The van der Waals surface area contributed by atoms with Crippen LogP contribution >= 0.6 is 11.3 Å². The van der Waals surface area contributed by atoms with Crippen molar-refractivity contribution < 1.29 is 29.0 Å². The molecular weight excluding hydrogens is 406 g/mol. The highest BCUT2D eigenvalue weighted by atomic mass is 32.1. The Bertz CT molecular complexity index is 920. The number of benzene rings is 1. The van der Waals surface area contributed by atoms with Crippen LogP contribution in [-0.4, -0.2) is 31.6 Å². The van der Waals surface area contributed by atoms with Crippen molar-refractivity contribution in [2.24, 2.45) is 11.8 Å². The highest BCUT2D eigenvalue weighted by Crippen LogP contribution is 2.38. The number of carbonyl (C=O) groups is 3. The number of ether oxygens (including phenoxy) is 2. The molecule has 1 N–H and O–H groups in total. The number of carbonyl (C=O) groups excluding carboxylic acids is 3. The van der Waals surface area contributed by atoms with Crippen molar-refractivity contribution in [2.75, 3.05) is 19.0 Å². The number of aliphatic carboxylic acids is 1. The molecule has 1 fully saturated rings. The van der Waals surface area contributed by atoms with E-state index in [4.69, 9.17) is 9.47 Å². The van der Waals surface area contributed by atoms with Crippen molar-refractivity contribution in [3.8, 4) is 16.9 Å². The summed E-state index contributed by atoms with van der Waals surface area (Å²) in [4.78, 5) is 37.0. The largest absolute Gasteiger partial charge is 0.550 e. The molecule has 30 heavy (non-hydrogen) atoms. The van der Waals surface area contributed by atoms with Crippen LogP contribution in [0.15, 0.2) is 29.6 Å². The summed E-state index contributed by atoms with van der Waals surface area (Å²) in [5.74, 6) is -2.95. The summed E-state index contributed by atoms with van der Waals surface area (Å²) in [5.41, 5.74) is 1.68. The summed E-state index contributed by atoms with van der Waals surface area (Å²) in [6, 6.07) is 7.21. The SMILES string of the molecule is CCOC(=O)c1c(-c2ccc(OC)cc2)csc1NC(=O)[C@@H]1CCCC[C@@H]1C(=O)[O-]. The smallest absolute Gasteiger partial charge is 0.341 e. The van der Waals surface area contributed by atoms with Gasteiger partial charge in [0, 0.05) is 28.7 Å². The van der Waals surface area contributed by atoms with Gasteiger partial charge in [0.25, 0.3) is 0 Å². The zero-order valence-corrected chi connectivity index (χ0v) is 17.8. The van der Waals surface area contributed by atoms with E-state index in [1.807, 2.05) is 12.1 Å². The Morgan fingerprint density at radius 3 is 2.40 bits per heavy atom. The topological polar surface area (TPSA) is 105 Å². The van der Waals surface area contributed by atoms with Gasteiger partial charge < -0.3 is 24.7 Å². The van der Waals surface area contributed by atoms with Gasteiger partial charge in [0.2, 0.25) is 5.91 Å². The van der Waals surface area contributed by atoms with Gasteiger partial charge in [-0.1, -0.05) is 25.0 Å². The van der Waals surface area contributed by atoms with Gasteiger partial charge in [-0.05, 0) is 37.5 Å². The van der Waals surface area contributed by atoms with Crippen LogP contribution in [-0.2, 0) is 14.3 Å². The molecule has 0 spiro atoms. The Labute approximate surface area is 179 Å². The average Bonchev–Trinajstić information content (AvgIpc) is 3.17. The lowest BCUT2D eigenvalue weighted by atomic mass is 9.79. The van der Waals surface area contributed by atoms with Gasteiger partial charge in [0.05, 0.1) is 13.7 Å². The van der Waals surface area contributed by atoms with Crippen LogP contribution in [0.2, 0.25) is 0 Å². The van der Waals surface area contributed by atoms with E-state index in [1.54, 1.807) is 31.5 Å². The lowest BCUT2D eigenvalue weighted by Gasteiger charge is -2.31. The molecule has 1 aliphatic carbocycles. The number of methoxy groups -OCH3 is 1. The second-order valence-corrected chi connectivity index (χ2v) is 7.99. The first-order valence-corrected chi connectivity index (χ1v) is 10.8. The normalized spacial score (nSPS) is 18.5. The lowest BCUT2D eigenvalue weighted by Crippen LogP contribution is -2.42. The van der Waals surface area contributed by atoms with Crippen molar-refractivity contribution >= 4 is 34.2 Å². The van der Waals surface area contributed by atoms with Crippen molar-refractivity contribution in [2.45, 2.75) is 32.6 Å². The summed E-state index contributed by atoms with van der Waals surface area (Å²) in [6.45, 7) is 1.90. The number of carboxylic acid groups (broad SMARTS) is 1. The van der Waals surface area contributed by atoms with Gasteiger partial charge >= 0.3 is 5.97 Å². The molecule has 1 saturated carbocycles. The third-order valence-electron chi connectivity index (χ3n) is 5.31. The molecule has 2 aromatic rings. The van der Waals surface area contributed by atoms with Gasteiger partial charge in [0.15, 0.2) is 0 Å². The maximum atomic E-state index is 12.9. The number of hydrogen-bond acceptors (Lipinski definition) is 7. The van der Waals surface area contributed by atoms with E-state index in [-0.39, 0.29) is 12.2 Å². The van der Waals surface area contributed by atoms with Crippen LogP contribution in [0.1, 0.15) is 43.0 Å². The van der Waals surface area contributed by atoms with Crippen LogP contribution in [0.3, 0.4) is 0 Å². The maximum absolute atomic E-state index is 12.9. The number of esters is 1. The van der Waals surface area contributed by atoms with E-state index in [2.05, 4.69) is 5.32 Å². The van der Waals surface area contributed by atoms with Gasteiger partial charge in [-0.3, -0.25) is 4.79 Å². The molecule has 1 aromatic carbocycles. The molecule has 1 amide bonds. The zero-order chi connectivity index (χ0) is 21.7. The van der Waals surface area contributed by atoms with Crippen molar-refractivity contribution in [3.63, 3.8) is 0 Å². The maximum Gasteiger partial charge on any atom is 0.341 e. The average molecular weight is 431 g/mol. The monoisotopic (exact) mass is 430 g/mol. The van der Waals surface area contributed by atoms with E-state index in [0.29, 0.717) is 29.2 Å². The Hall–Kier alpha value is -2.87. The first-order chi connectivity index (χ1) is 14.5. The van der Waals surface area contributed by atoms with Gasteiger partial charge in [0.1, 0.15) is 16.3 Å². The van der Waals surface area contributed by atoms with E-state index in [9.17, 15) is 19.5 Å². The van der Waals surface area contributed by atoms with E-state index < -0.39 is 29.7 Å². The third-order valence-corrected chi connectivity index (χ3v) is 6.21. The van der Waals surface area contributed by atoms with Crippen LogP contribution in [0.5, 0.6) is 5.75 Å². The van der Waals surface area contributed by atoms with Crippen LogP contribution < -0.4 is 15.2 Å². The molecule has 0 aliphatic heterocycles. The molecule has 0 saturated heterocycles. The number of hydrogen-bond donors (Lipinski definition) is 1. The minimum absolute atomic E-state index is 0.194. The molecule has 0 radical (unpaired) electrons. The fourth-order valence-electron chi connectivity index (χ4n) is 3.77. The van der Waals surface area contributed by atoms with Crippen LogP contribution in [0.4, 0.5) is 5.00 Å². The summed E-state index contributed by atoms with van der Waals surface area (Å²) < 4.78 is 10.4. The molecule has 1 aliphatic rings.